The fourth-order valence-corrected chi connectivity index (χ4v) is 2.34. The first-order valence-corrected chi connectivity index (χ1v) is 7.94. The number of nitrogens with two attached hydrogens (primary N) is 1. The molecule has 2 N–H and O–H groups in total. The van der Waals surface area contributed by atoms with Crippen LogP contribution >= 0.6 is 0 Å². The number of rotatable bonds is 6. The van der Waals surface area contributed by atoms with Gasteiger partial charge < -0.3 is 10.6 Å². The number of aromatic nitrogens is 1. The number of pyridine rings is 1. The van der Waals surface area contributed by atoms with E-state index in [-0.39, 0.29) is 5.75 Å². The molecule has 0 unspecified atom stereocenters. The van der Waals surface area contributed by atoms with Gasteiger partial charge in [-0.15, -0.1) is 0 Å². The molecular formula is C12H21N3O2S. The van der Waals surface area contributed by atoms with Gasteiger partial charge in [0, 0.05) is 26.0 Å². The first-order chi connectivity index (χ1) is 8.33. The highest BCUT2D eigenvalue weighted by Crippen LogP contribution is 2.16. The van der Waals surface area contributed by atoms with Crippen molar-refractivity contribution in [1.82, 2.24) is 4.98 Å². The third-order valence-electron chi connectivity index (χ3n) is 2.70. The summed E-state index contributed by atoms with van der Waals surface area (Å²) in [4.78, 5) is 6.24. The molecule has 0 fully saturated rings. The Morgan fingerprint density at radius 3 is 2.61 bits per heavy atom. The van der Waals surface area contributed by atoms with Crippen LogP contribution in [-0.4, -0.2) is 45.5 Å². The van der Waals surface area contributed by atoms with Gasteiger partial charge >= 0.3 is 0 Å². The fraction of sp³-hybridized carbons (Fsp3) is 0.583. The first-order valence-electron chi connectivity index (χ1n) is 5.88. The Labute approximate surface area is 109 Å². The molecular weight excluding hydrogens is 250 g/mol. The molecule has 0 bridgehead atoms. The average Bonchev–Trinajstić information content (AvgIpc) is 2.25. The van der Waals surface area contributed by atoms with Gasteiger partial charge in [0.05, 0.1) is 5.75 Å². The van der Waals surface area contributed by atoms with Crippen molar-refractivity contribution in [3.8, 4) is 0 Å². The second kappa shape index (κ2) is 6.15. The Morgan fingerprint density at radius 1 is 1.44 bits per heavy atom. The molecule has 0 amide bonds. The summed E-state index contributed by atoms with van der Waals surface area (Å²) in [5.41, 5.74) is 7.64. The summed E-state index contributed by atoms with van der Waals surface area (Å²) in [6, 6.07) is 2.05. The molecule has 1 aromatic rings. The average molecular weight is 271 g/mol. The number of hydrogen-bond acceptors (Lipinski definition) is 5. The van der Waals surface area contributed by atoms with Gasteiger partial charge in [0.25, 0.3) is 0 Å². The van der Waals surface area contributed by atoms with Crippen molar-refractivity contribution in [1.29, 1.82) is 0 Å². The topological polar surface area (TPSA) is 76.3 Å². The molecule has 1 heterocycles. The smallest absolute Gasteiger partial charge is 0.149 e. The van der Waals surface area contributed by atoms with E-state index in [0.717, 1.165) is 23.4 Å². The summed E-state index contributed by atoms with van der Waals surface area (Å²) in [7, 11) is -1.09. The standard InChI is InChI=1S/C12H21N3O2S/c1-10-8-11(4-5-13)9-14-12(10)15(2)6-7-18(3,16)17/h8-9H,4-7,13H2,1-3H3. The molecule has 0 aliphatic heterocycles. The van der Waals surface area contributed by atoms with Crippen molar-refractivity contribution in [2.24, 2.45) is 5.73 Å². The van der Waals surface area contributed by atoms with Gasteiger partial charge in [-0.25, -0.2) is 13.4 Å². The van der Waals surface area contributed by atoms with Gasteiger partial charge in [-0.2, -0.15) is 0 Å². The molecule has 102 valence electrons. The van der Waals surface area contributed by atoms with Gasteiger partial charge in [-0.05, 0) is 31.0 Å². The minimum atomic E-state index is -2.94. The van der Waals surface area contributed by atoms with Crippen LogP contribution in [-0.2, 0) is 16.3 Å². The predicted molar refractivity (Wildman–Crippen MR) is 74.7 cm³/mol. The Kier molecular flexibility index (Phi) is 5.10. The quantitative estimate of drug-likeness (QED) is 0.809. The number of aryl methyl sites for hydroxylation is 1. The molecule has 18 heavy (non-hydrogen) atoms. The molecule has 0 spiro atoms. The molecule has 0 atom stereocenters. The van der Waals surface area contributed by atoms with Gasteiger partial charge in [-0.3, -0.25) is 0 Å². The lowest BCUT2D eigenvalue weighted by Gasteiger charge is -2.20. The van der Waals surface area contributed by atoms with Crippen molar-refractivity contribution in [2.75, 3.05) is 37.0 Å². The predicted octanol–water partition coefficient (Wildman–Crippen LogP) is 0.372. The molecule has 1 rings (SSSR count). The lowest BCUT2D eigenvalue weighted by Crippen LogP contribution is -2.26. The van der Waals surface area contributed by atoms with Gasteiger partial charge in [0.2, 0.25) is 0 Å². The zero-order chi connectivity index (χ0) is 13.8. The van der Waals surface area contributed by atoms with E-state index in [1.165, 1.54) is 6.26 Å². The Hall–Kier alpha value is -1.14. The highest BCUT2D eigenvalue weighted by molar-refractivity contribution is 7.90. The highest BCUT2D eigenvalue weighted by Gasteiger charge is 2.10. The maximum atomic E-state index is 11.1. The van der Waals surface area contributed by atoms with Gasteiger partial charge in [-0.1, -0.05) is 6.07 Å². The van der Waals surface area contributed by atoms with Crippen LogP contribution in [0.2, 0.25) is 0 Å². The Morgan fingerprint density at radius 2 is 2.11 bits per heavy atom. The fourth-order valence-electron chi connectivity index (χ4n) is 1.74. The Bertz CT molecular complexity index is 500. The van der Waals surface area contributed by atoms with Crippen molar-refractivity contribution in [3.05, 3.63) is 23.4 Å². The highest BCUT2D eigenvalue weighted by atomic mass is 32.2. The lowest BCUT2D eigenvalue weighted by atomic mass is 10.1. The number of anilines is 1. The van der Waals surface area contributed by atoms with Crippen molar-refractivity contribution in [3.63, 3.8) is 0 Å². The molecule has 1 aromatic heterocycles. The molecule has 0 saturated carbocycles. The third-order valence-corrected chi connectivity index (χ3v) is 3.62. The van der Waals surface area contributed by atoms with Crippen LogP contribution in [0, 0.1) is 6.92 Å². The van der Waals surface area contributed by atoms with Gasteiger partial charge in [0.15, 0.2) is 0 Å². The van der Waals surface area contributed by atoms with E-state index in [1.54, 1.807) is 6.20 Å². The van der Waals surface area contributed by atoms with Gasteiger partial charge in [0.1, 0.15) is 15.7 Å². The van der Waals surface area contributed by atoms with E-state index in [1.807, 2.05) is 24.9 Å². The van der Waals surface area contributed by atoms with E-state index in [2.05, 4.69) is 4.98 Å². The normalized spacial score (nSPS) is 11.6. The van der Waals surface area contributed by atoms with E-state index in [0.29, 0.717) is 13.1 Å². The summed E-state index contributed by atoms with van der Waals surface area (Å²) >= 11 is 0. The number of sulfone groups is 1. The molecule has 0 radical (unpaired) electrons. The molecule has 0 aromatic carbocycles. The van der Waals surface area contributed by atoms with E-state index < -0.39 is 9.84 Å². The number of hydrogen-bond donors (Lipinski definition) is 1. The summed E-state index contributed by atoms with van der Waals surface area (Å²) in [5.74, 6) is 0.953. The van der Waals surface area contributed by atoms with Crippen molar-refractivity contribution >= 4 is 15.7 Å². The van der Waals surface area contributed by atoms with Crippen molar-refractivity contribution in [2.45, 2.75) is 13.3 Å². The van der Waals surface area contributed by atoms with Crippen LogP contribution < -0.4 is 10.6 Å². The Balaban J connectivity index is 2.77. The largest absolute Gasteiger partial charge is 0.358 e. The second-order valence-corrected chi connectivity index (χ2v) is 6.83. The SMILES string of the molecule is Cc1cc(CCN)cnc1N(C)CCS(C)(=O)=O. The second-order valence-electron chi connectivity index (χ2n) is 4.57. The molecule has 0 aliphatic carbocycles. The third kappa shape index (κ3) is 4.62. The van der Waals surface area contributed by atoms with E-state index in [4.69, 9.17) is 5.73 Å². The van der Waals surface area contributed by atoms with Crippen LogP contribution in [0.1, 0.15) is 11.1 Å². The van der Waals surface area contributed by atoms with E-state index in [9.17, 15) is 8.42 Å². The zero-order valence-corrected chi connectivity index (χ0v) is 12.0. The molecule has 0 saturated heterocycles. The number of nitrogens with zero attached hydrogens (tertiary/aromatic N) is 2. The lowest BCUT2D eigenvalue weighted by molar-refractivity contribution is 0.601. The summed E-state index contributed by atoms with van der Waals surface area (Å²) in [5, 5.41) is 0. The van der Waals surface area contributed by atoms with Crippen LogP contribution in [0.3, 0.4) is 0 Å². The molecule has 6 heteroatoms. The summed E-state index contributed by atoms with van der Waals surface area (Å²) in [6.45, 7) is 3.02. The minimum absolute atomic E-state index is 0.134. The molecule has 5 nitrogen and oxygen atoms in total. The monoisotopic (exact) mass is 271 g/mol. The van der Waals surface area contributed by atoms with E-state index >= 15 is 0 Å². The van der Waals surface area contributed by atoms with Crippen LogP contribution in [0.25, 0.3) is 0 Å². The summed E-state index contributed by atoms with van der Waals surface area (Å²) < 4.78 is 22.3. The maximum Gasteiger partial charge on any atom is 0.149 e. The zero-order valence-electron chi connectivity index (χ0n) is 11.2. The molecule has 0 aliphatic rings. The maximum absolute atomic E-state index is 11.1. The minimum Gasteiger partial charge on any atom is -0.358 e. The first kappa shape index (κ1) is 14.9. The van der Waals surface area contributed by atoms with Crippen LogP contribution in [0.15, 0.2) is 12.3 Å². The van der Waals surface area contributed by atoms with Crippen molar-refractivity contribution < 1.29 is 8.42 Å². The van der Waals surface area contributed by atoms with Crippen LogP contribution in [0.4, 0.5) is 5.82 Å². The summed E-state index contributed by atoms with van der Waals surface area (Å²) in [6.07, 6.45) is 3.85. The van der Waals surface area contributed by atoms with Crippen LogP contribution in [0.5, 0.6) is 0 Å².